The van der Waals surface area contributed by atoms with Crippen LogP contribution in [-0.2, 0) is 0 Å². The van der Waals surface area contributed by atoms with Crippen LogP contribution in [0.2, 0.25) is 0 Å². The van der Waals surface area contributed by atoms with Crippen molar-refractivity contribution in [3.05, 3.63) is 0 Å². The summed E-state index contributed by atoms with van der Waals surface area (Å²) in [6.45, 7) is 6.66. The molecule has 1 rings (SSSR count). The molecule has 0 aromatic rings. The van der Waals surface area contributed by atoms with Gasteiger partial charge in [-0.25, -0.2) is 0 Å². The van der Waals surface area contributed by atoms with Crippen molar-refractivity contribution in [2.45, 2.75) is 52.4 Å². The Morgan fingerprint density at radius 2 is 2.00 bits per heavy atom. The summed E-state index contributed by atoms with van der Waals surface area (Å²) < 4.78 is 0. The van der Waals surface area contributed by atoms with Crippen LogP contribution in [0.4, 0.5) is 0 Å². The molecule has 0 spiro atoms. The Balaban J connectivity index is 2.04. The third kappa shape index (κ3) is 4.52. The van der Waals surface area contributed by atoms with Crippen LogP contribution in [0, 0.1) is 11.3 Å². The van der Waals surface area contributed by atoms with Crippen LogP contribution >= 0.6 is 0 Å². The van der Waals surface area contributed by atoms with Gasteiger partial charge >= 0.3 is 0 Å². The maximum Gasteiger partial charge on any atom is 0.0496 e. The predicted octanol–water partition coefficient (Wildman–Crippen LogP) is 2.56. The largest absolute Gasteiger partial charge is 0.396 e. The lowest BCUT2D eigenvalue weighted by atomic mass is 9.88. The predicted molar refractivity (Wildman–Crippen MR) is 64.9 cm³/mol. The molecule has 0 aliphatic heterocycles. The van der Waals surface area contributed by atoms with Gasteiger partial charge in [0.15, 0.2) is 0 Å². The number of rotatable bonds is 7. The second kappa shape index (κ2) is 6.49. The average molecular weight is 213 g/mol. The van der Waals surface area contributed by atoms with E-state index in [0.29, 0.717) is 6.61 Å². The lowest BCUT2D eigenvalue weighted by molar-refractivity contribution is 0.135. The summed E-state index contributed by atoms with van der Waals surface area (Å²) in [4.78, 5) is 0. The average Bonchev–Trinajstić information content (AvgIpc) is 2.77. The molecule has 0 aromatic heterocycles. The number of hydrogen-bond donors (Lipinski definition) is 2. The highest BCUT2D eigenvalue weighted by atomic mass is 16.3. The van der Waals surface area contributed by atoms with Crippen LogP contribution < -0.4 is 5.32 Å². The smallest absolute Gasteiger partial charge is 0.0496 e. The highest BCUT2D eigenvalue weighted by molar-refractivity contribution is 4.75. The van der Waals surface area contributed by atoms with Crippen molar-refractivity contribution in [2.24, 2.45) is 11.3 Å². The number of nitrogens with one attached hydrogen (secondary N) is 1. The van der Waals surface area contributed by atoms with Gasteiger partial charge in [0.2, 0.25) is 0 Å². The Morgan fingerprint density at radius 1 is 1.33 bits per heavy atom. The van der Waals surface area contributed by atoms with Gasteiger partial charge in [-0.3, -0.25) is 0 Å². The highest BCUT2D eigenvalue weighted by Crippen LogP contribution is 2.27. The van der Waals surface area contributed by atoms with Crippen molar-refractivity contribution in [1.82, 2.24) is 5.32 Å². The molecule has 0 saturated heterocycles. The maximum atomic E-state index is 9.26. The molecule has 1 unspecified atom stereocenters. The van der Waals surface area contributed by atoms with Gasteiger partial charge in [0.05, 0.1) is 0 Å². The minimum absolute atomic E-state index is 0.0790. The van der Waals surface area contributed by atoms with Crippen molar-refractivity contribution in [3.63, 3.8) is 0 Å². The molecule has 0 bridgehead atoms. The fourth-order valence-corrected chi connectivity index (χ4v) is 2.29. The van der Waals surface area contributed by atoms with Gasteiger partial charge < -0.3 is 10.4 Å². The molecule has 2 nitrogen and oxygen atoms in total. The Kier molecular flexibility index (Phi) is 5.62. The first-order valence-electron chi connectivity index (χ1n) is 6.52. The van der Waals surface area contributed by atoms with E-state index < -0.39 is 0 Å². The maximum absolute atomic E-state index is 9.26. The van der Waals surface area contributed by atoms with Gasteiger partial charge in [-0.1, -0.05) is 39.5 Å². The van der Waals surface area contributed by atoms with Crippen molar-refractivity contribution < 1.29 is 5.11 Å². The van der Waals surface area contributed by atoms with Crippen LogP contribution in [0.5, 0.6) is 0 Å². The monoisotopic (exact) mass is 213 g/mol. The van der Waals surface area contributed by atoms with Gasteiger partial charge in [0.1, 0.15) is 0 Å². The molecule has 1 saturated carbocycles. The molecular weight excluding hydrogens is 186 g/mol. The van der Waals surface area contributed by atoms with Crippen molar-refractivity contribution in [2.75, 3.05) is 19.7 Å². The van der Waals surface area contributed by atoms with Gasteiger partial charge in [-0.05, 0) is 25.3 Å². The Bertz CT molecular complexity index is 160. The fraction of sp³-hybridized carbons (Fsp3) is 1.00. The zero-order valence-electron chi connectivity index (χ0n) is 10.4. The summed E-state index contributed by atoms with van der Waals surface area (Å²) in [5, 5.41) is 12.8. The quantitative estimate of drug-likeness (QED) is 0.637. The summed E-state index contributed by atoms with van der Waals surface area (Å²) in [5.41, 5.74) is 0.0790. The summed E-state index contributed by atoms with van der Waals surface area (Å²) in [6, 6.07) is 0. The first-order valence-corrected chi connectivity index (χ1v) is 6.52. The van der Waals surface area contributed by atoms with Crippen LogP contribution in [0.25, 0.3) is 0 Å². The van der Waals surface area contributed by atoms with E-state index in [2.05, 4.69) is 19.2 Å². The Labute approximate surface area is 94.5 Å². The standard InChI is InChI=1S/C13H27NO/c1-3-13(2,11-15)10-14-9-8-12-6-4-5-7-12/h12,14-15H,3-11H2,1-2H3. The first kappa shape index (κ1) is 13.0. The number of aliphatic hydroxyl groups is 1. The van der Waals surface area contributed by atoms with E-state index in [1.54, 1.807) is 0 Å². The molecule has 1 aliphatic carbocycles. The van der Waals surface area contributed by atoms with E-state index in [9.17, 15) is 5.11 Å². The molecule has 15 heavy (non-hydrogen) atoms. The van der Waals surface area contributed by atoms with Crippen molar-refractivity contribution in [3.8, 4) is 0 Å². The number of hydrogen-bond acceptors (Lipinski definition) is 2. The molecular formula is C13H27NO. The van der Waals surface area contributed by atoms with Crippen molar-refractivity contribution >= 4 is 0 Å². The van der Waals surface area contributed by atoms with Crippen LogP contribution in [0.1, 0.15) is 52.4 Å². The lowest BCUT2D eigenvalue weighted by Gasteiger charge is -2.26. The number of aliphatic hydroxyl groups excluding tert-OH is 1. The van der Waals surface area contributed by atoms with Gasteiger partial charge in [-0.2, -0.15) is 0 Å². The molecule has 0 aromatic carbocycles. The van der Waals surface area contributed by atoms with E-state index >= 15 is 0 Å². The summed E-state index contributed by atoms with van der Waals surface area (Å²) in [7, 11) is 0. The SMILES string of the molecule is CCC(C)(CO)CNCCC1CCCC1. The van der Waals surface area contributed by atoms with E-state index in [0.717, 1.165) is 25.4 Å². The van der Waals surface area contributed by atoms with Crippen LogP contribution in [-0.4, -0.2) is 24.8 Å². The molecule has 1 aliphatic rings. The van der Waals surface area contributed by atoms with Gasteiger partial charge in [0.25, 0.3) is 0 Å². The van der Waals surface area contributed by atoms with E-state index in [-0.39, 0.29) is 5.41 Å². The summed E-state index contributed by atoms with van der Waals surface area (Å²) in [6.07, 6.45) is 8.12. The molecule has 2 N–H and O–H groups in total. The molecule has 0 heterocycles. The normalized spacial score (nSPS) is 21.8. The second-order valence-electron chi connectivity index (χ2n) is 5.44. The topological polar surface area (TPSA) is 32.3 Å². The van der Waals surface area contributed by atoms with Crippen LogP contribution in [0.3, 0.4) is 0 Å². The lowest BCUT2D eigenvalue weighted by Crippen LogP contribution is -2.35. The third-order valence-electron chi connectivity index (χ3n) is 3.99. The summed E-state index contributed by atoms with van der Waals surface area (Å²) >= 11 is 0. The fourth-order valence-electron chi connectivity index (χ4n) is 2.29. The Hall–Kier alpha value is -0.0800. The third-order valence-corrected chi connectivity index (χ3v) is 3.99. The molecule has 90 valence electrons. The second-order valence-corrected chi connectivity index (χ2v) is 5.44. The van der Waals surface area contributed by atoms with E-state index in [4.69, 9.17) is 0 Å². The first-order chi connectivity index (χ1) is 7.20. The Morgan fingerprint density at radius 3 is 2.53 bits per heavy atom. The zero-order valence-corrected chi connectivity index (χ0v) is 10.4. The van der Waals surface area contributed by atoms with Gasteiger partial charge in [0, 0.05) is 18.6 Å². The zero-order chi connectivity index (χ0) is 11.1. The molecule has 0 radical (unpaired) electrons. The van der Waals surface area contributed by atoms with Gasteiger partial charge in [-0.15, -0.1) is 0 Å². The summed E-state index contributed by atoms with van der Waals surface area (Å²) in [5.74, 6) is 0.972. The molecule has 1 atom stereocenters. The molecule has 0 amide bonds. The highest BCUT2D eigenvalue weighted by Gasteiger charge is 2.20. The van der Waals surface area contributed by atoms with Crippen molar-refractivity contribution in [1.29, 1.82) is 0 Å². The van der Waals surface area contributed by atoms with Crippen LogP contribution in [0.15, 0.2) is 0 Å². The van der Waals surface area contributed by atoms with E-state index in [1.165, 1.54) is 32.1 Å². The minimum Gasteiger partial charge on any atom is -0.396 e. The molecule has 1 fully saturated rings. The minimum atomic E-state index is 0.0790. The van der Waals surface area contributed by atoms with E-state index in [1.807, 2.05) is 0 Å². The molecule has 2 heteroatoms.